The Morgan fingerprint density at radius 1 is 1.17 bits per heavy atom. The summed E-state index contributed by atoms with van der Waals surface area (Å²) in [6.45, 7) is 6.38. The standard InChI is InChI=1S/C18H19BrClNO2/c1-18(2,3)12-4-9-16(15(19)10-12)21-17(22)11-23-14-7-5-13(20)6-8-14/h4-10H,11H2,1-3H3,(H,21,22). The monoisotopic (exact) mass is 395 g/mol. The predicted octanol–water partition coefficient (Wildman–Crippen LogP) is 5.42. The number of hydrogen-bond donors (Lipinski definition) is 1. The zero-order valence-corrected chi connectivity index (χ0v) is 15.7. The van der Waals surface area contributed by atoms with Gasteiger partial charge in [-0.15, -0.1) is 0 Å². The van der Waals surface area contributed by atoms with Gasteiger partial charge in [0, 0.05) is 9.50 Å². The number of carbonyl (C=O) groups excluding carboxylic acids is 1. The number of benzene rings is 2. The maximum Gasteiger partial charge on any atom is 0.262 e. The quantitative estimate of drug-likeness (QED) is 0.749. The smallest absolute Gasteiger partial charge is 0.262 e. The first-order valence-electron chi connectivity index (χ1n) is 7.24. The Hall–Kier alpha value is -1.52. The number of ether oxygens (including phenoxy) is 1. The van der Waals surface area contributed by atoms with Gasteiger partial charge in [-0.1, -0.05) is 38.4 Å². The molecule has 0 aliphatic rings. The lowest BCUT2D eigenvalue weighted by Gasteiger charge is -2.20. The Morgan fingerprint density at radius 2 is 1.83 bits per heavy atom. The van der Waals surface area contributed by atoms with Crippen LogP contribution < -0.4 is 10.1 Å². The molecule has 2 rings (SSSR count). The van der Waals surface area contributed by atoms with Crippen LogP contribution >= 0.6 is 27.5 Å². The molecule has 0 radical (unpaired) electrons. The fraction of sp³-hybridized carbons (Fsp3) is 0.278. The van der Waals surface area contributed by atoms with Crippen molar-refractivity contribution in [3.05, 3.63) is 57.5 Å². The average Bonchev–Trinajstić information content (AvgIpc) is 2.48. The molecular weight excluding hydrogens is 378 g/mol. The van der Waals surface area contributed by atoms with Crippen LogP contribution in [0.1, 0.15) is 26.3 Å². The third-order valence-corrected chi connectivity index (χ3v) is 4.20. The third kappa shape index (κ3) is 5.26. The van der Waals surface area contributed by atoms with Crippen LogP contribution in [0.2, 0.25) is 5.02 Å². The zero-order chi connectivity index (χ0) is 17.0. The molecule has 0 unspecified atom stereocenters. The minimum absolute atomic E-state index is 0.0583. The maximum atomic E-state index is 12.0. The molecule has 0 aliphatic heterocycles. The van der Waals surface area contributed by atoms with E-state index >= 15 is 0 Å². The van der Waals surface area contributed by atoms with Crippen molar-refractivity contribution >= 4 is 39.1 Å². The second-order valence-electron chi connectivity index (χ2n) is 6.24. The summed E-state index contributed by atoms with van der Waals surface area (Å²) in [7, 11) is 0. The first kappa shape index (κ1) is 17.8. The fourth-order valence-electron chi connectivity index (χ4n) is 1.95. The van der Waals surface area contributed by atoms with Gasteiger partial charge in [0.05, 0.1) is 5.69 Å². The minimum atomic E-state index is -0.218. The molecule has 5 heteroatoms. The minimum Gasteiger partial charge on any atom is -0.484 e. The normalized spacial score (nSPS) is 11.2. The highest BCUT2D eigenvalue weighted by atomic mass is 79.9. The van der Waals surface area contributed by atoms with E-state index in [1.165, 1.54) is 5.56 Å². The lowest BCUT2D eigenvalue weighted by atomic mass is 9.87. The van der Waals surface area contributed by atoms with Gasteiger partial charge in [0.25, 0.3) is 5.91 Å². The van der Waals surface area contributed by atoms with E-state index in [1.807, 2.05) is 18.2 Å². The molecule has 0 saturated carbocycles. The SMILES string of the molecule is CC(C)(C)c1ccc(NC(=O)COc2ccc(Cl)cc2)c(Br)c1. The number of anilines is 1. The summed E-state index contributed by atoms with van der Waals surface area (Å²) in [4.78, 5) is 12.0. The average molecular weight is 397 g/mol. The second-order valence-corrected chi connectivity index (χ2v) is 7.53. The topological polar surface area (TPSA) is 38.3 Å². The lowest BCUT2D eigenvalue weighted by Crippen LogP contribution is -2.20. The molecule has 0 heterocycles. The van der Waals surface area contributed by atoms with Crippen LogP contribution in [-0.4, -0.2) is 12.5 Å². The van der Waals surface area contributed by atoms with Gasteiger partial charge >= 0.3 is 0 Å². The highest BCUT2D eigenvalue weighted by Gasteiger charge is 2.15. The van der Waals surface area contributed by atoms with Crippen molar-refractivity contribution in [1.82, 2.24) is 0 Å². The summed E-state index contributed by atoms with van der Waals surface area (Å²) in [5.41, 5.74) is 1.98. The van der Waals surface area contributed by atoms with Crippen molar-refractivity contribution in [2.45, 2.75) is 26.2 Å². The molecule has 0 saturated heterocycles. The van der Waals surface area contributed by atoms with Crippen LogP contribution in [0.3, 0.4) is 0 Å². The van der Waals surface area contributed by atoms with Crippen LogP contribution in [0.5, 0.6) is 5.75 Å². The number of carbonyl (C=O) groups is 1. The molecule has 0 aliphatic carbocycles. The molecule has 122 valence electrons. The number of amides is 1. The van der Waals surface area contributed by atoms with E-state index in [0.29, 0.717) is 10.8 Å². The number of rotatable bonds is 4. The first-order valence-corrected chi connectivity index (χ1v) is 8.41. The van der Waals surface area contributed by atoms with E-state index in [0.717, 1.165) is 10.2 Å². The number of nitrogens with one attached hydrogen (secondary N) is 1. The van der Waals surface area contributed by atoms with Crippen molar-refractivity contribution in [3.63, 3.8) is 0 Å². The number of hydrogen-bond acceptors (Lipinski definition) is 2. The zero-order valence-electron chi connectivity index (χ0n) is 13.3. The Labute approximate surface area is 150 Å². The van der Waals surface area contributed by atoms with Gasteiger partial charge in [-0.05, 0) is 63.3 Å². The van der Waals surface area contributed by atoms with Crippen molar-refractivity contribution in [3.8, 4) is 5.75 Å². The van der Waals surface area contributed by atoms with Crippen LogP contribution in [0, 0.1) is 0 Å². The third-order valence-electron chi connectivity index (χ3n) is 3.29. The van der Waals surface area contributed by atoms with Crippen LogP contribution in [0.15, 0.2) is 46.9 Å². The summed E-state index contributed by atoms with van der Waals surface area (Å²) in [5.74, 6) is 0.385. The van der Waals surface area contributed by atoms with Gasteiger partial charge < -0.3 is 10.1 Å². The van der Waals surface area contributed by atoms with Crippen molar-refractivity contribution in [1.29, 1.82) is 0 Å². The molecule has 0 spiro atoms. The molecule has 0 fully saturated rings. The van der Waals surface area contributed by atoms with Gasteiger partial charge in [-0.3, -0.25) is 4.79 Å². The van der Waals surface area contributed by atoms with E-state index in [1.54, 1.807) is 24.3 Å². The van der Waals surface area contributed by atoms with E-state index in [4.69, 9.17) is 16.3 Å². The molecule has 1 N–H and O–H groups in total. The summed E-state index contributed by atoms with van der Waals surface area (Å²) in [5, 5.41) is 3.46. The van der Waals surface area contributed by atoms with Gasteiger partial charge in [0.15, 0.2) is 6.61 Å². The molecule has 2 aromatic rings. The van der Waals surface area contributed by atoms with Crippen LogP contribution in [-0.2, 0) is 10.2 Å². The van der Waals surface area contributed by atoms with E-state index in [9.17, 15) is 4.79 Å². The fourth-order valence-corrected chi connectivity index (χ4v) is 2.55. The molecule has 23 heavy (non-hydrogen) atoms. The molecule has 2 aromatic carbocycles. The predicted molar refractivity (Wildman–Crippen MR) is 98.4 cm³/mol. The highest BCUT2D eigenvalue weighted by Crippen LogP contribution is 2.30. The lowest BCUT2D eigenvalue weighted by molar-refractivity contribution is -0.118. The van der Waals surface area contributed by atoms with Crippen molar-refractivity contribution in [2.24, 2.45) is 0 Å². The Morgan fingerprint density at radius 3 is 2.39 bits per heavy atom. The molecule has 3 nitrogen and oxygen atoms in total. The van der Waals surface area contributed by atoms with Crippen molar-refractivity contribution < 1.29 is 9.53 Å². The summed E-state index contributed by atoms with van der Waals surface area (Å²) in [6.07, 6.45) is 0. The maximum absolute atomic E-state index is 12.0. The molecular formula is C18H19BrClNO2. The summed E-state index contributed by atoms with van der Waals surface area (Å²) >= 11 is 9.31. The van der Waals surface area contributed by atoms with E-state index in [2.05, 4.69) is 42.0 Å². The van der Waals surface area contributed by atoms with Crippen LogP contribution in [0.4, 0.5) is 5.69 Å². The van der Waals surface area contributed by atoms with Crippen molar-refractivity contribution in [2.75, 3.05) is 11.9 Å². The largest absolute Gasteiger partial charge is 0.484 e. The Balaban J connectivity index is 1.96. The molecule has 1 amide bonds. The van der Waals surface area contributed by atoms with Gasteiger partial charge in [-0.2, -0.15) is 0 Å². The second kappa shape index (κ2) is 7.37. The van der Waals surface area contributed by atoms with E-state index < -0.39 is 0 Å². The van der Waals surface area contributed by atoms with Crippen LogP contribution in [0.25, 0.3) is 0 Å². The van der Waals surface area contributed by atoms with Gasteiger partial charge in [-0.25, -0.2) is 0 Å². The Kier molecular flexibility index (Phi) is 5.71. The highest BCUT2D eigenvalue weighted by molar-refractivity contribution is 9.10. The number of halogens is 2. The van der Waals surface area contributed by atoms with Gasteiger partial charge in [0.2, 0.25) is 0 Å². The molecule has 0 aromatic heterocycles. The van der Waals surface area contributed by atoms with Gasteiger partial charge in [0.1, 0.15) is 5.75 Å². The Bertz CT molecular complexity index is 693. The molecule has 0 atom stereocenters. The van der Waals surface area contributed by atoms with E-state index in [-0.39, 0.29) is 17.9 Å². The summed E-state index contributed by atoms with van der Waals surface area (Å²) < 4.78 is 6.28. The summed E-state index contributed by atoms with van der Waals surface area (Å²) in [6, 6.07) is 12.8. The molecule has 0 bridgehead atoms. The first-order chi connectivity index (χ1) is 10.8.